The Bertz CT molecular complexity index is 127. The van der Waals surface area contributed by atoms with Gasteiger partial charge in [-0.25, -0.2) is 0 Å². The van der Waals surface area contributed by atoms with Crippen molar-refractivity contribution in [2.45, 2.75) is 18.9 Å². The first-order valence-electron chi connectivity index (χ1n) is 3.12. The number of Topliss-reactive ketones (excluding diaryl/α,β-unsaturated/α-hetero) is 1. The Labute approximate surface area is 56.4 Å². The fourth-order valence-corrected chi connectivity index (χ4v) is 1.20. The number of carbonyl (C=O) groups is 1. The first kappa shape index (κ1) is 7.04. The topological polar surface area (TPSA) is 26.3 Å². The number of rotatable bonds is 2. The van der Waals surface area contributed by atoms with E-state index >= 15 is 0 Å². The second-order valence-electron chi connectivity index (χ2n) is 2.11. The summed E-state index contributed by atoms with van der Waals surface area (Å²) in [7, 11) is 1.57. The first-order chi connectivity index (χ1) is 4.34. The van der Waals surface area contributed by atoms with Crippen molar-refractivity contribution in [3.8, 4) is 0 Å². The van der Waals surface area contributed by atoms with Crippen LogP contribution >= 0.6 is 8.86 Å². The van der Waals surface area contributed by atoms with Gasteiger partial charge in [-0.05, 0) is 18.6 Å². The predicted octanol–water partition coefficient (Wildman–Crippen LogP) is 0.144. The maximum atomic E-state index is 10.8. The molecule has 0 spiro atoms. The van der Waals surface area contributed by atoms with E-state index in [-0.39, 0.29) is 11.9 Å². The fraction of sp³-hybridized carbons (Fsp3) is 0.667. The van der Waals surface area contributed by atoms with E-state index in [2.05, 4.69) is 0 Å². The van der Waals surface area contributed by atoms with Crippen LogP contribution in [0.4, 0.5) is 0 Å². The minimum atomic E-state index is -0.109. The van der Waals surface area contributed by atoms with Crippen LogP contribution in [0.3, 0.4) is 0 Å². The molecule has 0 aliphatic carbocycles. The number of ketones is 1. The molecule has 1 aliphatic heterocycles. The predicted molar refractivity (Wildman–Crippen MR) is 41.2 cm³/mol. The average Bonchev–Trinajstić information content (AvgIpc) is 2.37. The Morgan fingerprint density at radius 3 is 3.00 bits per heavy atom. The third-order valence-electron chi connectivity index (χ3n) is 1.45. The summed E-state index contributed by atoms with van der Waals surface area (Å²) in [5.41, 5.74) is 0. The van der Waals surface area contributed by atoms with Gasteiger partial charge < -0.3 is 4.74 Å². The molecule has 2 unspecified atom stereocenters. The van der Waals surface area contributed by atoms with E-state index in [0.29, 0.717) is 0 Å². The van der Waals surface area contributed by atoms with Crippen molar-refractivity contribution in [3.63, 3.8) is 0 Å². The van der Waals surface area contributed by atoms with Crippen LogP contribution in [0.25, 0.3) is 0 Å². The Kier molecular flexibility index (Phi) is 2.49. The van der Waals surface area contributed by atoms with Crippen LogP contribution in [0.5, 0.6) is 0 Å². The zero-order valence-electron chi connectivity index (χ0n) is 5.30. The highest BCUT2D eigenvalue weighted by atomic mass is 31.0. The van der Waals surface area contributed by atoms with Crippen molar-refractivity contribution in [1.29, 1.82) is 0 Å². The van der Waals surface area contributed by atoms with Gasteiger partial charge in [-0.15, -0.1) is 8.86 Å². The molecule has 1 fully saturated rings. The van der Waals surface area contributed by atoms with Crippen molar-refractivity contribution < 1.29 is 9.53 Å². The standard InChI is InChI=1S/C6H11O2P/c7-5(4-9)6-2-1-3-8-6/h4,6H,1-3H2,9H3. The normalized spacial score (nSPS) is 26.4. The third-order valence-corrected chi connectivity index (χ3v) is 1.85. The van der Waals surface area contributed by atoms with Gasteiger partial charge in [0.25, 0.3) is 0 Å². The SMILES string of the molecule is O=C(C=[PH3])C1CCCO1. The van der Waals surface area contributed by atoms with Crippen molar-refractivity contribution in [2.24, 2.45) is 0 Å². The average molecular weight is 146 g/mol. The molecule has 1 aliphatic rings. The smallest absolute Gasteiger partial charge is 0.183 e. The lowest BCUT2D eigenvalue weighted by atomic mass is 10.2. The molecular formula is C6H11O2P. The number of hydrogen-bond acceptors (Lipinski definition) is 2. The van der Waals surface area contributed by atoms with E-state index in [1.807, 2.05) is 0 Å². The van der Waals surface area contributed by atoms with E-state index in [0.717, 1.165) is 19.4 Å². The first-order valence-corrected chi connectivity index (χ1v) is 3.94. The molecular weight excluding hydrogens is 135 g/mol. The summed E-state index contributed by atoms with van der Waals surface area (Å²) in [5, 5.41) is 0. The fourth-order valence-electron chi connectivity index (χ4n) is 0.933. The molecule has 1 saturated heterocycles. The van der Waals surface area contributed by atoms with E-state index in [1.54, 1.807) is 14.7 Å². The quantitative estimate of drug-likeness (QED) is 0.518. The lowest BCUT2D eigenvalue weighted by molar-refractivity contribution is -0.120. The second kappa shape index (κ2) is 3.19. The molecule has 0 radical (unpaired) electrons. The van der Waals surface area contributed by atoms with Gasteiger partial charge in [0.05, 0.1) is 0 Å². The summed E-state index contributed by atoms with van der Waals surface area (Å²) in [6.45, 7) is 0.757. The van der Waals surface area contributed by atoms with Gasteiger partial charge in [-0.3, -0.25) is 4.79 Å². The molecule has 0 N–H and O–H groups in total. The monoisotopic (exact) mass is 146 g/mol. The minimum absolute atomic E-state index is 0.109. The number of ether oxygens (including phenoxy) is 1. The van der Waals surface area contributed by atoms with Gasteiger partial charge in [0.1, 0.15) is 6.10 Å². The van der Waals surface area contributed by atoms with Crippen LogP contribution in [0.1, 0.15) is 12.8 Å². The van der Waals surface area contributed by atoms with Crippen molar-refractivity contribution in [1.82, 2.24) is 0 Å². The molecule has 52 valence electrons. The third kappa shape index (κ3) is 1.67. The van der Waals surface area contributed by atoms with Gasteiger partial charge in [-0.1, -0.05) is 0 Å². The highest BCUT2D eigenvalue weighted by Crippen LogP contribution is 2.11. The Hall–Kier alpha value is -0.0700. The van der Waals surface area contributed by atoms with Crippen LogP contribution in [0.2, 0.25) is 0 Å². The summed E-state index contributed by atoms with van der Waals surface area (Å²) >= 11 is 0. The lowest BCUT2D eigenvalue weighted by Crippen LogP contribution is -2.18. The zero-order chi connectivity index (χ0) is 6.69. The van der Waals surface area contributed by atoms with Crippen LogP contribution < -0.4 is 0 Å². The van der Waals surface area contributed by atoms with E-state index in [1.165, 1.54) is 0 Å². The Morgan fingerprint density at radius 2 is 2.56 bits per heavy atom. The van der Waals surface area contributed by atoms with Gasteiger partial charge in [0.2, 0.25) is 0 Å². The van der Waals surface area contributed by atoms with Gasteiger partial charge in [0.15, 0.2) is 5.78 Å². The molecule has 0 aromatic heterocycles. The molecule has 2 nitrogen and oxygen atoms in total. The molecule has 0 aromatic carbocycles. The summed E-state index contributed by atoms with van der Waals surface area (Å²) in [6.07, 6.45) is 1.84. The molecule has 1 heterocycles. The van der Waals surface area contributed by atoms with Crippen molar-refractivity contribution >= 4 is 20.4 Å². The maximum Gasteiger partial charge on any atom is 0.183 e. The van der Waals surface area contributed by atoms with Crippen molar-refractivity contribution in [3.05, 3.63) is 0 Å². The van der Waals surface area contributed by atoms with Gasteiger partial charge in [0, 0.05) is 6.61 Å². The summed E-state index contributed by atoms with van der Waals surface area (Å²) in [4.78, 5) is 10.8. The largest absolute Gasteiger partial charge is 0.370 e. The van der Waals surface area contributed by atoms with Crippen LogP contribution in [0.15, 0.2) is 0 Å². The molecule has 0 saturated carbocycles. The molecule has 0 bridgehead atoms. The van der Waals surface area contributed by atoms with Crippen molar-refractivity contribution in [2.75, 3.05) is 6.61 Å². The highest BCUT2D eigenvalue weighted by molar-refractivity contribution is 7.22. The summed E-state index contributed by atoms with van der Waals surface area (Å²) < 4.78 is 5.13. The lowest BCUT2D eigenvalue weighted by Gasteiger charge is -2.01. The molecule has 3 heteroatoms. The molecule has 0 aromatic rings. The maximum absolute atomic E-state index is 10.8. The van der Waals surface area contributed by atoms with E-state index in [9.17, 15) is 4.79 Å². The minimum Gasteiger partial charge on any atom is -0.370 e. The van der Waals surface area contributed by atoms with Gasteiger partial charge >= 0.3 is 0 Å². The van der Waals surface area contributed by atoms with E-state index in [4.69, 9.17) is 4.74 Å². The Balaban J connectivity index is 2.41. The zero-order valence-corrected chi connectivity index (χ0v) is 6.71. The molecule has 9 heavy (non-hydrogen) atoms. The Morgan fingerprint density at radius 1 is 1.78 bits per heavy atom. The van der Waals surface area contributed by atoms with Crippen LogP contribution in [-0.2, 0) is 9.53 Å². The number of carbonyl (C=O) groups excluding carboxylic acids is 1. The highest BCUT2D eigenvalue weighted by Gasteiger charge is 2.20. The molecule has 2 atom stereocenters. The molecule has 0 amide bonds. The second-order valence-corrected chi connectivity index (χ2v) is 2.52. The van der Waals surface area contributed by atoms with Crippen LogP contribution in [-0.4, -0.2) is 24.3 Å². The van der Waals surface area contributed by atoms with E-state index < -0.39 is 0 Å². The van der Waals surface area contributed by atoms with Gasteiger partial charge in [-0.2, -0.15) is 0 Å². The summed E-state index contributed by atoms with van der Waals surface area (Å²) in [6, 6.07) is 0. The summed E-state index contributed by atoms with van der Waals surface area (Å²) in [5.74, 6) is 1.75. The van der Waals surface area contributed by atoms with Crippen LogP contribution in [0, 0.1) is 0 Å². The molecule has 1 rings (SSSR count). The number of hydrogen-bond donors (Lipinski definition) is 0.